The predicted octanol–water partition coefficient (Wildman–Crippen LogP) is 1.98. The van der Waals surface area contributed by atoms with Gasteiger partial charge in [0.15, 0.2) is 5.69 Å². The molecule has 0 unspecified atom stereocenters. The molecule has 2 heterocycles. The quantitative estimate of drug-likeness (QED) is 0.558. The summed E-state index contributed by atoms with van der Waals surface area (Å²) in [6, 6.07) is 8.59. The third-order valence-corrected chi connectivity index (χ3v) is 4.93. The molecule has 26 heavy (non-hydrogen) atoms. The number of rotatable bonds is 7. The van der Waals surface area contributed by atoms with Gasteiger partial charge in [0.1, 0.15) is 0 Å². The summed E-state index contributed by atoms with van der Waals surface area (Å²) in [5, 5.41) is 7.77. The molecule has 1 saturated heterocycles. The fraction of sp³-hybridized carbons (Fsp3) is 0.526. The highest BCUT2D eigenvalue weighted by Gasteiger charge is 2.18. The minimum atomic E-state index is -0.387. The first-order valence-electron chi connectivity index (χ1n) is 9.19. The van der Waals surface area contributed by atoms with Gasteiger partial charge in [-0.1, -0.05) is 23.4 Å². The molecule has 1 aliphatic rings. The Kier molecular flexibility index (Phi) is 6.22. The van der Waals surface area contributed by atoms with Crippen molar-refractivity contribution in [3.05, 3.63) is 41.7 Å². The molecular formula is C19H27N5O2. The second-order valence-electron chi connectivity index (χ2n) is 6.66. The van der Waals surface area contributed by atoms with Gasteiger partial charge in [0, 0.05) is 38.4 Å². The van der Waals surface area contributed by atoms with Crippen LogP contribution in [0, 0.1) is 6.92 Å². The zero-order valence-electron chi connectivity index (χ0n) is 15.6. The molecule has 1 aliphatic heterocycles. The van der Waals surface area contributed by atoms with Crippen molar-refractivity contribution in [1.29, 1.82) is 0 Å². The maximum Gasteiger partial charge on any atom is 0.358 e. The maximum absolute atomic E-state index is 11.6. The largest absolute Gasteiger partial charge is 0.464 e. The van der Waals surface area contributed by atoms with Crippen LogP contribution >= 0.6 is 0 Å². The molecule has 0 atom stereocenters. The van der Waals surface area contributed by atoms with Gasteiger partial charge in [-0.25, -0.2) is 9.48 Å². The summed E-state index contributed by atoms with van der Waals surface area (Å²) in [6.45, 7) is 8.25. The smallest absolute Gasteiger partial charge is 0.358 e. The molecule has 2 aromatic rings. The number of carbonyl (C=O) groups is 1. The minimum Gasteiger partial charge on any atom is -0.464 e. The van der Waals surface area contributed by atoms with Crippen LogP contribution in [0.15, 0.2) is 30.5 Å². The van der Waals surface area contributed by atoms with Crippen molar-refractivity contribution in [3.63, 3.8) is 0 Å². The summed E-state index contributed by atoms with van der Waals surface area (Å²) >= 11 is 0. The lowest BCUT2D eigenvalue weighted by Crippen LogP contribution is -2.46. The number of methoxy groups -OCH3 is 1. The third-order valence-electron chi connectivity index (χ3n) is 4.93. The summed E-state index contributed by atoms with van der Waals surface area (Å²) in [7, 11) is 1.37. The van der Waals surface area contributed by atoms with Gasteiger partial charge in [-0.3, -0.25) is 4.90 Å². The van der Waals surface area contributed by atoms with Crippen LogP contribution in [0.4, 0.5) is 5.69 Å². The van der Waals surface area contributed by atoms with Gasteiger partial charge in [-0.2, -0.15) is 0 Å². The van der Waals surface area contributed by atoms with Crippen LogP contribution in [0.25, 0.3) is 0 Å². The summed E-state index contributed by atoms with van der Waals surface area (Å²) in [6.07, 6.45) is 3.49. The van der Waals surface area contributed by atoms with Gasteiger partial charge >= 0.3 is 5.97 Å². The number of benzene rings is 1. The number of aryl methyl sites for hydroxylation is 2. The highest BCUT2D eigenvalue weighted by atomic mass is 16.5. The molecular weight excluding hydrogens is 330 g/mol. The number of para-hydroxylation sites is 1. The van der Waals surface area contributed by atoms with E-state index in [1.54, 1.807) is 4.68 Å². The number of piperazine rings is 1. The number of hydrogen-bond donors (Lipinski definition) is 0. The van der Waals surface area contributed by atoms with Crippen LogP contribution in [0.2, 0.25) is 0 Å². The standard InChI is InChI=1S/C19H27N5O2/c1-16-7-3-4-8-17(16)23-13-11-22(12-14-23)9-5-6-10-24-18(15-20-21-24)19(25)26-2/h3-4,7-8,15H,5-6,9-14H2,1-2H3. The van der Waals surface area contributed by atoms with Crippen molar-refractivity contribution in [2.24, 2.45) is 0 Å². The van der Waals surface area contributed by atoms with Crippen molar-refractivity contribution in [3.8, 4) is 0 Å². The lowest BCUT2D eigenvalue weighted by molar-refractivity contribution is 0.0586. The number of anilines is 1. The monoisotopic (exact) mass is 357 g/mol. The first-order chi connectivity index (χ1) is 12.7. The molecule has 0 radical (unpaired) electrons. The van der Waals surface area contributed by atoms with Crippen LogP contribution in [0.5, 0.6) is 0 Å². The zero-order valence-corrected chi connectivity index (χ0v) is 15.6. The molecule has 7 heteroatoms. The lowest BCUT2D eigenvalue weighted by Gasteiger charge is -2.36. The maximum atomic E-state index is 11.6. The summed E-state index contributed by atoms with van der Waals surface area (Å²) in [5.41, 5.74) is 3.11. The first-order valence-corrected chi connectivity index (χ1v) is 9.19. The molecule has 1 aromatic carbocycles. The fourth-order valence-electron chi connectivity index (χ4n) is 3.41. The van der Waals surface area contributed by atoms with Crippen molar-refractivity contribution in [1.82, 2.24) is 19.9 Å². The van der Waals surface area contributed by atoms with Crippen LogP contribution in [0.3, 0.4) is 0 Å². The summed E-state index contributed by atoms with van der Waals surface area (Å²) < 4.78 is 6.37. The van der Waals surface area contributed by atoms with Crippen LogP contribution in [-0.4, -0.2) is 65.7 Å². The molecule has 0 N–H and O–H groups in total. The van der Waals surface area contributed by atoms with E-state index in [0.29, 0.717) is 12.2 Å². The van der Waals surface area contributed by atoms with Gasteiger partial charge in [0.25, 0.3) is 0 Å². The Bertz CT molecular complexity index is 722. The predicted molar refractivity (Wildman–Crippen MR) is 100 cm³/mol. The molecule has 3 rings (SSSR count). The summed E-state index contributed by atoms with van der Waals surface area (Å²) in [4.78, 5) is 16.6. The Morgan fingerprint density at radius 2 is 1.85 bits per heavy atom. The van der Waals surface area contributed by atoms with Crippen molar-refractivity contribution in [2.45, 2.75) is 26.3 Å². The second kappa shape index (κ2) is 8.80. The average molecular weight is 357 g/mol. The first kappa shape index (κ1) is 18.4. The molecule has 0 spiro atoms. The highest BCUT2D eigenvalue weighted by Crippen LogP contribution is 2.20. The SMILES string of the molecule is COC(=O)c1cnnn1CCCCN1CCN(c2ccccc2C)CC1. The topological polar surface area (TPSA) is 63.5 Å². The minimum absolute atomic E-state index is 0.387. The number of aromatic nitrogens is 3. The van der Waals surface area contributed by atoms with Gasteiger partial charge in [-0.05, 0) is 37.9 Å². The van der Waals surface area contributed by atoms with Crippen LogP contribution in [0.1, 0.15) is 28.9 Å². The van der Waals surface area contributed by atoms with Gasteiger partial charge in [-0.15, -0.1) is 5.10 Å². The molecule has 1 fully saturated rings. The number of esters is 1. The zero-order chi connectivity index (χ0) is 18.4. The fourth-order valence-corrected chi connectivity index (χ4v) is 3.41. The van der Waals surface area contributed by atoms with Crippen molar-refractivity contribution < 1.29 is 9.53 Å². The van der Waals surface area contributed by atoms with Gasteiger partial charge < -0.3 is 9.64 Å². The van der Waals surface area contributed by atoms with Gasteiger partial charge in [0.05, 0.1) is 13.3 Å². The van der Waals surface area contributed by atoms with E-state index in [4.69, 9.17) is 4.74 Å². The number of nitrogens with zero attached hydrogens (tertiary/aromatic N) is 5. The Morgan fingerprint density at radius 3 is 2.58 bits per heavy atom. The Hall–Kier alpha value is -2.41. The van der Waals surface area contributed by atoms with E-state index in [1.807, 2.05) is 0 Å². The Morgan fingerprint density at radius 1 is 1.12 bits per heavy atom. The van der Waals surface area contributed by atoms with Crippen LogP contribution in [-0.2, 0) is 11.3 Å². The Labute approximate surface area is 154 Å². The molecule has 7 nitrogen and oxygen atoms in total. The molecule has 0 bridgehead atoms. The average Bonchev–Trinajstić information content (AvgIpc) is 3.14. The van der Waals surface area contributed by atoms with E-state index in [9.17, 15) is 4.79 Å². The number of ether oxygens (including phenoxy) is 1. The van der Waals surface area contributed by atoms with E-state index in [-0.39, 0.29) is 5.97 Å². The lowest BCUT2D eigenvalue weighted by atomic mass is 10.1. The van der Waals surface area contributed by atoms with E-state index in [2.05, 4.69) is 51.3 Å². The molecule has 0 aliphatic carbocycles. The van der Waals surface area contributed by atoms with Crippen molar-refractivity contribution in [2.75, 3.05) is 44.7 Å². The molecule has 0 amide bonds. The Balaban J connectivity index is 1.39. The number of carbonyl (C=O) groups excluding carboxylic acids is 1. The molecule has 140 valence electrons. The van der Waals surface area contributed by atoms with E-state index >= 15 is 0 Å². The van der Waals surface area contributed by atoms with Crippen LogP contribution < -0.4 is 4.90 Å². The third kappa shape index (κ3) is 4.40. The summed E-state index contributed by atoms with van der Waals surface area (Å²) in [5.74, 6) is -0.387. The molecule has 1 aromatic heterocycles. The van der Waals surface area contributed by atoms with Crippen molar-refractivity contribution >= 4 is 11.7 Å². The highest BCUT2D eigenvalue weighted by molar-refractivity contribution is 5.86. The van der Waals surface area contributed by atoms with E-state index in [1.165, 1.54) is 24.6 Å². The second-order valence-corrected chi connectivity index (χ2v) is 6.66. The van der Waals surface area contributed by atoms with E-state index in [0.717, 1.165) is 45.6 Å². The molecule has 0 saturated carbocycles. The normalized spacial score (nSPS) is 15.2. The van der Waals surface area contributed by atoms with Gasteiger partial charge in [0.2, 0.25) is 0 Å². The number of hydrogen-bond acceptors (Lipinski definition) is 6. The number of unbranched alkanes of at least 4 members (excludes halogenated alkanes) is 1. The van der Waals surface area contributed by atoms with E-state index < -0.39 is 0 Å².